The zero-order valence-electron chi connectivity index (χ0n) is 15.4. The number of aromatic nitrogens is 1. The standard InChI is InChI=1S/C19H26FN5S/c1-14-11-15(5-6-17(14)20)12-23-18(21-2)22-8-7-16-13-26-19(24-16)25-9-3-4-10-25/h5-6,11,13H,3-4,7-10,12H2,1-2H3,(H2,21,22,23). The van der Waals surface area contributed by atoms with E-state index in [9.17, 15) is 4.39 Å². The van der Waals surface area contributed by atoms with Gasteiger partial charge in [-0.15, -0.1) is 11.3 Å². The Labute approximate surface area is 158 Å². The molecule has 0 unspecified atom stereocenters. The summed E-state index contributed by atoms with van der Waals surface area (Å²) in [5.41, 5.74) is 2.81. The zero-order chi connectivity index (χ0) is 18.4. The lowest BCUT2D eigenvalue weighted by Crippen LogP contribution is -2.37. The molecule has 0 aliphatic carbocycles. The van der Waals surface area contributed by atoms with Crippen LogP contribution in [0.3, 0.4) is 0 Å². The topological polar surface area (TPSA) is 52.6 Å². The van der Waals surface area contributed by atoms with Gasteiger partial charge in [0.1, 0.15) is 5.82 Å². The Kier molecular flexibility index (Phi) is 6.44. The summed E-state index contributed by atoms with van der Waals surface area (Å²) in [6, 6.07) is 5.14. The van der Waals surface area contributed by atoms with E-state index in [4.69, 9.17) is 4.98 Å². The van der Waals surface area contributed by atoms with Crippen LogP contribution in [-0.4, -0.2) is 37.6 Å². The lowest BCUT2D eigenvalue weighted by atomic mass is 10.1. The van der Waals surface area contributed by atoms with Gasteiger partial charge in [0.05, 0.1) is 5.69 Å². The number of anilines is 1. The molecule has 1 aliphatic rings. The highest BCUT2D eigenvalue weighted by molar-refractivity contribution is 7.13. The minimum absolute atomic E-state index is 0.173. The number of aryl methyl sites for hydroxylation is 1. The van der Waals surface area contributed by atoms with E-state index in [1.165, 1.54) is 18.9 Å². The molecule has 0 amide bonds. The van der Waals surface area contributed by atoms with E-state index in [2.05, 4.69) is 25.9 Å². The van der Waals surface area contributed by atoms with Crippen LogP contribution in [0.1, 0.15) is 29.7 Å². The van der Waals surface area contributed by atoms with Crippen molar-refractivity contribution in [3.8, 4) is 0 Å². The lowest BCUT2D eigenvalue weighted by molar-refractivity contribution is 0.617. The quantitative estimate of drug-likeness (QED) is 0.602. The Hall–Kier alpha value is -2.15. The maximum Gasteiger partial charge on any atom is 0.191 e. The molecule has 2 aromatic rings. The molecule has 0 bridgehead atoms. The van der Waals surface area contributed by atoms with Crippen molar-refractivity contribution in [3.05, 3.63) is 46.2 Å². The van der Waals surface area contributed by atoms with E-state index in [-0.39, 0.29) is 5.82 Å². The summed E-state index contributed by atoms with van der Waals surface area (Å²) in [5, 5.41) is 9.86. The van der Waals surface area contributed by atoms with Crippen LogP contribution in [-0.2, 0) is 13.0 Å². The van der Waals surface area contributed by atoms with Gasteiger partial charge < -0.3 is 15.5 Å². The van der Waals surface area contributed by atoms with E-state index < -0.39 is 0 Å². The molecule has 140 valence electrons. The molecule has 0 atom stereocenters. The molecule has 3 rings (SSSR count). The van der Waals surface area contributed by atoms with Gasteiger partial charge >= 0.3 is 0 Å². The van der Waals surface area contributed by atoms with Gasteiger partial charge in [-0.2, -0.15) is 0 Å². The molecular formula is C19H26FN5S. The van der Waals surface area contributed by atoms with Crippen LogP contribution < -0.4 is 15.5 Å². The third kappa shape index (κ3) is 4.94. The third-order valence-electron chi connectivity index (χ3n) is 4.50. The molecule has 1 aliphatic heterocycles. The Morgan fingerprint density at radius 3 is 2.85 bits per heavy atom. The minimum Gasteiger partial charge on any atom is -0.356 e. The molecule has 1 saturated heterocycles. The first kappa shape index (κ1) is 18.6. The average Bonchev–Trinajstić information content (AvgIpc) is 3.32. The van der Waals surface area contributed by atoms with Crippen LogP contribution in [0.25, 0.3) is 0 Å². The third-order valence-corrected chi connectivity index (χ3v) is 5.45. The van der Waals surface area contributed by atoms with Crippen molar-refractivity contribution < 1.29 is 4.39 Å². The molecule has 0 radical (unpaired) electrons. The van der Waals surface area contributed by atoms with Gasteiger partial charge in [-0.3, -0.25) is 4.99 Å². The number of benzene rings is 1. The van der Waals surface area contributed by atoms with Crippen molar-refractivity contribution in [1.82, 2.24) is 15.6 Å². The number of hydrogen-bond acceptors (Lipinski definition) is 4. The number of halogens is 1. The number of guanidine groups is 1. The number of rotatable bonds is 6. The second kappa shape index (κ2) is 8.98. The van der Waals surface area contributed by atoms with Crippen LogP contribution in [0, 0.1) is 12.7 Å². The van der Waals surface area contributed by atoms with Gasteiger partial charge in [0.25, 0.3) is 0 Å². The highest BCUT2D eigenvalue weighted by atomic mass is 32.1. The molecule has 0 saturated carbocycles. The Balaban J connectivity index is 1.43. The molecule has 7 heteroatoms. The van der Waals surface area contributed by atoms with Crippen molar-refractivity contribution in [2.45, 2.75) is 32.7 Å². The minimum atomic E-state index is -0.173. The molecule has 1 aromatic carbocycles. The largest absolute Gasteiger partial charge is 0.356 e. The highest BCUT2D eigenvalue weighted by Gasteiger charge is 2.15. The highest BCUT2D eigenvalue weighted by Crippen LogP contribution is 2.24. The predicted molar refractivity (Wildman–Crippen MR) is 107 cm³/mol. The summed E-state index contributed by atoms with van der Waals surface area (Å²) in [4.78, 5) is 11.3. The zero-order valence-corrected chi connectivity index (χ0v) is 16.2. The number of hydrogen-bond donors (Lipinski definition) is 2. The van der Waals surface area contributed by atoms with E-state index in [1.807, 2.05) is 6.07 Å². The van der Waals surface area contributed by atoms with Crippen LogP contribution in [0.2, 0.25) is 0 Å². The van der Waals surface area contributed by atoms with Crippen LogP contribution in [0.4, 0.5) is 9.52 Å². The van der Waals surface area contributed by atoms with E-state index in [1.54, 1.807) is 31.4 Å². The van der Waals surface area contributed by atoms with Gasteiger partial charge in [-0.25, -0.2) is 9.37 Å². The van der Waals surface area contributed by atoms with Crippen LogP contribution in [0.15, 0.2) is 28.6 Å². The Morgan fingerprint density at radius 2 is 2.12 bits per heavy atom. The first-order chi connectivity index (χ1) is 12.7. The summed E-state index contributed by atoms with van der Waals surface area (Å²) in [7, 11) is 1.75. The van der Waals surface area contributed by atoms with Gasteiger partial charge in [-0.1, -0.05) is 12.1 Å². The van der Waals surface area contributed by atoms with Crippen molar-refractivity contribution in [1.29, 1.82) is 0 Å². The first-order valence-electron chi connectivity index (χ1n) is 9.04. The molecule has 2 N–H and O–H groups in total. The summed E-state index contributed by atoms with van der Waals surface area (Å²) >= 11 is 1.73. The average molecular weight is 376 g/mol. The number of aliphatic imine (C=N–C) groups is 1. The SMILES string of the molecule is CN=C(NCCc1csc(N2CCCC2)n1)NCc1ccc(F)c(C)c1. The van der Waals surface area contributed by atoms with E-state index >= 15 is 0 Å². The summed E-state index contributed by atoms with van der Waals surface area (Å²) in [6.07, 6.45) is 3.40. The fourth-order valence-electron chi connectivity index (χ4n) is 3.00. The molecule has 0 spiro atoms. The van der Waals surface area contributed by atoms with Gasteiger partial charge in [-0.05, 0) is 37.0 Å². The lowest BCUT2D eigenvalue weighted by Gasteiger charge is -2.13. The fourth-order valence-corrected chi connectivity index (χ4v) is 3.91. The predicted octanol–water partition coefficient (Wildman–Crippen LogP) is 3.10. The van der Waals surface area contributed by atoms with E-state index in [0.29, 0.717) is 12.1 Å². The molecule has 2 heterocycles. The van der Waals surface area contributed by atoms with Gasteiger partial charge in [0, 0.05) is 45.0 Å². The smallest absolute Gasteiger partial charge is 0.191 e. The normalized spacial score (nSPS) is 14.7. The molecular weight excluding hydrogens is 349 g/mol. The molecule has 5 nitrogen and oxygen atoms in total. The van der Waals surface area contributed by atoms with Crippen molar-refractivity contribution in [2.24, 2.45) is 4.99 Å². The number of nitrogens with one attached hydrogen (secondary N) is 2. The second-order valence-electron chi connectivity index (χ2n) is 6.50. The van der Waals surface area contributed by atoms with Crippen LogP contribution >= 0.6 is 11.3 Å². The monoisotopic (exact) mass is 375 g/mol. The van der Waals surface area contributed by atoms with Crippen molar-refractivity contribution in [3.63, 3.8) is 0 Å². The molecule has 26 heavy (non-hydrogen) atoms. The van der Waals surface area contributed by atoms with Crippen molar-refractivity contribution >= 4 is 22.4 Å². The second-order valence-corrected chi connectivity index (χ2v) is 7.34. The summed E-state index contributed by atoms with van der Waals surface area (Å²) < 4.78 is 13.3. The first-order valence-corrected chi connectivity index (χ1v) is 9.92. The maximum absolute atomic E-state index is 13.3. The molecule has 1 aromatic heterocycles. The van der Waals surface area contributed by atoms with Crippen LogP contribution in [0.5, 0.6) is 0 Å². The van der Waals surface area contributed by atoms with Gasteiger partial charge in [0.15, 0.2) is 11.1 Å². The number of thiazole rings is 1. The maximum atomic E-state index is 13.3. The van der Waals surface area contributed by atoms with Gasteiger partial charge in [0.2, 0.25) is 0 Å². The van der Waals surface area contributed by atoms with E-state index in [0.717, 1.165) is 48.4 Å². The fraction of sp³-hybridized carbons (Fsp3) is 0.474. The summed E-state index contributed by atoms with van der Waals surface area (Å²) in [6.45, 7) is 5.41. The Bertz CT molecular complexity index is 752. The Morgan fingerprint density at radius 1 is 1.31 bits per heavy atom. The molecule has 1 fully saturated rings. The number of nitrogens with zero attached hydrogens (tertiary/aromatic N) is 3. The summed E-state index contributed by atoms with van der Waals surface area (Å²) in [5.74, 6) is 0.565. The van der Waals surface area contributed by atoms with Crippen molar-refractivity contribution in [2.75, 3.05) is 31.6 Å².